The van der Waals surface area contributed by atoms with Crippen molar-refractivity contribution in [3.05, 3.63) is 51.8 Å². The van der Waals surface area contributed by atoms with Crippen LogP contribution in [0.2, 0.25) is 10.0 Å². The van der Waals surface area contributed by atoms with Gasteiger partial charge in [0.05, 0.1) is 22.3 Å². The molecule has 20 heavy (non-hydrogen) atoms. The summed E-state index contributed by atoms with van der Waals surface area (Å²) in [5.41, 5.74) is 2.07. The molecule has 0 bridgehead atoms. The molecule has 2 rings (SSSR count). The average Bonchev–Trinajstić information content (AvgIpc) is 2.80. The lowest BCUT2D eigenvalue weighted by atomic mass is 10.1. The Kier molecular flexibility index (Phi) is 4.74. The third-order valence-corrected chi connectivity index (χ3v) is 3.72. The molecular weight excluding hydrogens is 293 g/mol. The predicted octanol–water partition coefficient (Wildman–Crippen LogP) is 4.13. The zero-order chi connectivity index (χ0) is 14.8. The van der Waals surface area contributed by atoms with Crippen molar-refractivity contribution in [1.82, 2.24) is 15.1 Å². The van der Waals surface area contributed by atoms with Gasteiger partial charge in [-0.2, -0.15) is 5.10 Å². The van der Waals surface area contributed by atoms with Crippen LogP contribution in [0.4, 0.5) is 0 Å². The van der Waals surface area contributed by atoms with E-state index in [1.54, 1.807) is 6.07 Å². The molecule has 0 aliphatic heterocycles. The van der Waals surface area contributed by atoms with Crippen LogP contribution in [-0.2, 0) is 13.1 Å². The van der Waals surface area contributed by atoms with Gasteiger partial charge >= 0.3 is 0 Å². The Labute approximate surface area is 129 Å². The minimum Gasteiger partial charge on any atom is -0.306 e. The maximum Gasteiger partial charge on any atom is 0.0762 e. The second kappa shape index (κ2) is 6.17. The Morgan fingerprint density at radius 3 is 2.65 bits per heavy atom. The topological polar surface area (TPSA) is 29.9 Å². The van der Waals surface area contributed by atoms with Crippen LogP contribution in [-0.4, -0.2) is 15.3 Å². The van der Waals surface area contributed by atoms with E-state index >= 15 is 0 Å². The maximum atomic E-state index is 6.19. The summed E-state index contributed by atoms with van der Waals surface area (Å²) in [5, 5.41) is 9.12. The van der Waals surface area contributed by atoms with Crippen LogP contribution in [0, 0.1) is 0 Å². The second-order valence-electron chi connectivity index (χ2n) is 5.82. The molecule has 108 valence electrons. The van der Waals surface area contributed by atoms with Crippen LogP contribution in [0.15, 0.2) is 30.5 Å². The highest BCUT2D eigenvalue weighted by Crippen LogP contribution is 2.25. The van der Waals surface area contributed by atoms with E-state index in [9.17, 15) is 0 Å². The van der Waals surface area contributed by atoms with Crippen LogP contribution >= 0.6 is 23.2 Å². The minimum atomic E-state index is 0.0834. The molecule has 2 aromatic rings. The van der Waals surface area contributed by atoms with Crippen LogP contribution in [0.5, 0.6) is 0 Å². The number of benzene rings is 1. The Morgan fingerprint density at radius 1 is 1.20 bits per heavy atom. The van der Waals surface area contributed by atoms with Crippen molar-refractivity contribution in [3.63, 3.8) is 0 Å². The number of halogens is 2. The number of nitrogens with zero attached hydrogens (tertiary/aromatic N) is 2. The summed E-state index contributed by atoms with van der Waals surface area (Å²) in [6, 6.07) is 7.66. The summed E-state index contributed by atoms with van der Waals surface area (Å²) >= 11 is 12.2. The average molecular weight is 312 g/mol. The Morgan fingerprint density at radius 2 is 1.95 bits per heavy atom. The van der Waals surface area contributed by atoms with Gasteiger partial charge in [0.2, 0.25) is 0 Å². The SMILES string of the molecule is CC(C)(C)NCc1ccn(Cc2cccc(Cl)c2Cl)n1. The number of hydrogen-bond donors (Lipinski definition) is 1. The fourth-order valence-corrected chi connectivity index (χ4v) is 2.17. The number of rotatable bonds is 4. The fraction of sp³-hybridized carbons (Fsp3) is 0.400. The summed E-state index contributed by atoms with van der Waals surface area (Å²) < 4.78 is 1.87. The van der Waals surface area contributed by atoms with Gasteiger partial charge in [-0.05, 0) is 38.5 Å². The van der Waals surface area contributed by atoms with E-state index in [1.807, 2.05) is 29.1 Å². The van der Waals surface area contributed by atoms with E-state index in [0.717, 1.165) is 17.8 Å². The van der Waals surface area contributed by atoms with Crippen LogP contribution in [0.3, 0.4) is 0 Å². The zero-order valence-corrected chi connectivity index (χ0v) is 13.5. The van der Waals surface area contributed by atoms with E-state index < -0.39 is 0 Å². The molecule has 0 saturated carbocycles. The number of aromatic nitrogens is 2. The van der Waals surface area contributed by atoms with E-state index in [4.69, 9.17) is 23.2 Å². The fourth-order valence-electron chi connectivity index (χ4n) is 1.79. The van der Waals surface area contributed by atoms with Crippen molar-refractivity contribution in [2.45, 2.75) is 39.4 Å². The first kappa shape index (κ1) is 15.4. The molecular formula is C15H19Cl2N3. The molecule has 0 spiro atoms. The molecule has 0 aliphatic rings. The lowest BCUT2D eigenvalue weighted by molar-refractivity contribution is 0.419. The molecule has 0 saturated heterocycles. The quantitative estimate of drug-likeness (QED) is 0.920. The van der Waals surface area contributed by atoms with Gasteiger partial charge in [-0.15, -0.1) is 0 Å². The molecule has 5 heteroatoms. The Hall–Kier alpha value is -1.03. The van der Waals surface area contributed by atoms with Gasteiger partial charge in [0.25, 0.3) is 0 Å². The predicted molar refractivity (Wildman–Crippen MR) is 84.4 cm³/mol. The second-order valence-corrected chi connectivity index (χ2v) is 6.61. The van der Waals surface area contributed by atoms with Crippen molar-refractivity contribution in [3.8, 4) is 0 Å². The third-order valence-electron chi connectivity index (χ3n) is 2.86. The minimum absolute atomic E-state index is 0.0834. The van der Waals surface area contributed by atoms with Gasteiger partial charge in [0.1, 0.15) is 0 Å². The monoisotopic (exact) mass is 311 g/mol. The summed E-state index contributed by atoms with van der Waals surface area (Å²) in [6.45, 7) is 7.77. The molecule has 1 aromatic heterocycles. The first-order valence-electron chi connectivity index (χ1n) is 6.55. The number of hydrogen-bond acceptors (Lipinski definition) is 2. The largest absolute Gasteiger partial charge is 0.306 e. The van der Waals surface area contributed by atoms with Crippen molar-refractivity contribution >= 4 is 23.2 Å². The molecule has 0 amide bonds. The summed E-state index contributed by atoms with van der Waals surface area (Å²) in [6.07, 6.45) is 1.96. The molecule has 1 heterocycles. The maximum absolute atomic E-state index is 6.19. The van der Waals surface area contributed by atoms with Crippen molar-refractivity contribution in [2.24, 2.45) is 0 Å². The van der Waals surface area contributed by atoms with E-state index in [0.29, 0.717) is 16.6 Å². The van der Waals surface area contributed by atoms with Gasteiger partial charge in [-0.25, -0.2) is 0 Å². The first-order valence-corrected chi connectivity index (χ1v) is 7.31. The van der Waals surface area contributed by atoms with Crippen LogP contribution < -0.4 is 5.32 Å². The van der Waals surface area contributed by atoms with Gasteiger partial charge in [0, 0.05) is 18.3 Å². The lowest BCUT2D eigenvalue weighted by Crippen LogP contribution is -2.35. The summed E-state index contributed by atoms with van der Waals surface area (Å²) in [5.74, 6) is 0. The lowest BCUT2D eigenvalue weighted by Gasteiger charge is -2.19. The van der Waals surface area contributed by atoms with E-state index in [1.165, 1.54) is 0 Å². The Bertz CT molecular complexity index is 585. The molecule has 0 atom stereocenters. The Balaban J connectivity index is 2.04. The molecule has 0 aliphatic carbocycles. The van der Waals surface area contributed by atoms with Gasteiger partial charge in [0.15, 0.2) is 0 Å². The summed E-state index contributed by atoms with van der Waals surface area (Å²) in [7, 11) is 0. The highest BCUT2D eigenvalue weighted by Gasteiger charge is 2.10. The summed E-state index contributed by atoms with van der Waals surface area (Å²) in [4.78, 5) is 0. The molecule has 0 unspecified atom stereocenters. The highest BCUT2D eigenvalue weighted by molar-refractivity contribution is 6.42. The van der Waals surface area contributed by atoms with Crippen molar-refractivity contribution in [2.75, 3.05) is 0 Å². The third kappa shape index (κ3) is 4.23. The molecule has 3 nitrogen and oxygen atoms in total. The van der Waals surface area contributed by atoms with E-state index in [2.05, 4.69) is 31.2 Å². The van der Waals surface area contributed by atoms with Crippen molar-refractivity contribution < 1.29 is 0 Å². The molecule has 1 N–H and O–H groups in total. The molecule has 0 radical (unpaired) electrons. The molecule has 1 aromatic carbocycles. The van der Waals surface area contributed by atoms with Gasteiger partial charge < -0.3 is 5.32 Å². The zero-order valence-electron chi connectivity index (χ0n) is 12.0. The van der Waals surface area contributed by atoms with Crippen LogP contribution in [0.1, 0.15) is 32.0 Å². The first-order chi connectivity index (χ1) is 9.35. The van der Waals surface area contributed by atoms with Gasteiger partial charge in [-0.1, -0.05) is 35.3 Å². The van der Waals surface area contributed by atoms with Crippen LogP contribution in [0.25, 0.3) is 0 Å². The smallest absolute Gasteiger partial charge is 0.0762 e. The van der Waals surface area contributed by atoms with Gasteiger partial charge in [-0.3, -0.25) is 4.68 Å². The molecule has 0 fully saturated rings. The standard InChI is InChI=1S/C15H19Cl2N3/c1-15(2,3)18-9-12-7-8-20(19-12)10-11-5-4-6-13(16)14(11)17/h4-8,18H,9-10H2,1-3H3. The normalized spacial score (nSPS) is 11.8. The van der Waals surface area contributed by atoms with E-state index in [-0.39, 0.29) is 5.54 Å². The highest BCUT2D eigenvalue weighted by atomic mass is 35.5. The van der Waals surface area contributed by atoms with Crippen molar-refractivity contribution in [1.29, 1.82) is 0 Å². The number of nitrogens with one attached hydrogen (secondary N) is 1.